The van der Waals surface area contributed by atoms with Crippen LogP contribution in [0.25, 0.3) is 0 Å². The van der Waals surface area contributed by atoms with Gasteiger partial charge >= 0.3 is 6.18 Å². The van der Waals surface area contributed by atoms with Crippen LogP contribution < -0.4 is 0 Å². The fraction of sp³-hybridized carbons (Fsp3) is 0.333. The van der Waals surface area contributed by atoms with E-state index in [0.717, 1.165) is 24.5 Å². The third-order valence-electron chi connectivity index (χ3n) is 1.80. The number of rotatable bonds is 3. The first-order valence-corrected chi connectivity index (χ1v) is 6.49. The molecule has 1 rings (SSSR count). The summed E-state index contributed by atoms with van der Waals surface area (Å²) in [5.74, 6) is 0. The SMILES string of the molecule is CS(=O)(=O)OCc1cc(Cl)ccc1C(F)(F)F. The highest BCUT2D eigenvalue weighted by molar-refractivity contribution is 7.85. The molecular weight excluding hydrogens is 281 g/mol. The third-order valence-corrected chi connectivity index (χ3v) is 2.58. The van der Waals surface area contributed by atoms with Crippen molar-refractivity contribution in [3.05, 3.63) is 34.3 Å². The Balaban J connectivity index is 3.08. The van der Waals surface area contributed by atoms with Crippen LogP contribution in [0.15, 0.2) is 18.2 Å². The van der Waals surface area contributed by atoms with Gasteiger partial charge in [0.1, 0.15) is 0 Å². The van der Waals surface area contributed by atoms with Crippen molar-refractivity contribution < 1.29 is 25.8 Å². The van der Waals surface area contributed by atoms with Gasteiger partial charge in [0.25, 0.3) is 10.1 Å². The summed E-state index contributed by atoms with van der Waals surface area (Å²) in [5.41, 5.74) is -1.29. The van der Waals surface area contributed by atoms with Crippen molar-refractivity contribution >= 4 is 21.7 Å². The molecule has 0 N–H and O–H groups in total. The molecular formula is C9H8ClF3O3S. The Morgan fingerprint density at radius 1 is 1.35 bits per heavy atom. The topological polar surface area (TPSA) is 43.4 Å². The summed E-state index contributed by atoms with van der Waals surface area (Å²) in [4.78, 5) is 0. The number of hydrogen-bond acceptors (Lipinski definition) is 3. The fourth-order valence-electron chi connectivity index (χ4n) is 1.13. The minimum atomic E-state index is -4.58. The van der Waals surface area contributed by atoms with Crippen molar-refractivity contribution in [1.29, 1.82) is 0 Å². The molecule has 1 aromatic carbocycles. The number of halogens is 4. The van der Waals surface area contributed by atoms with Gasteiger partial charge < -0.3 is 0 Å². The highest BCUT2D eigenvalue weighted by atomic mass is 35.5. The largest absolute Gasteiger partial charge is 0.416 e. The van der Waals surface area contributed by atoms with Crippen LogP contribution in [-0.4, -0.2) is 14.7 Å². The molecule has 3 nitrogen and oxygen atoms in total. The van der Waals surface area contributed by atoms with Gasteiger partial charge in [-0.1, -0.05) is 11.6 Å². The fourth-order valence-corrected chi connectivity index (χ4v) is 1.66. The second kappa shape index (κ2) is 4.83. The summed E-state index contributed by atoms with van der Waals surface area (Å²) in [5, 5.41) is 0.0742. The van der Waals surface area contributed by atoms with Gasteiger partial charge in [-0.3, -0.25) is 4.18 Å². The van der Waals surface area contributed by atoms with Crippen LogP contribution in [0.2, 0.25) is 5.02 Å². The van der Waals surface area contributed by atoms with Crippen LogP contribution in [0.5, 0.6) is 0 Å². The lowest BCUT2D eigenvalue weighted by Gasteiger charge is -2.12. The second-order valence-electron chi connectivity index (χ2n) is 3.27. The molecule has 0 unspecified atom stereocenters. The summed E-state index contributed by atoms with van der Waals surface area (Å²) in [7, 11) is -3.81. The van der Waals surface area contributed by atoms with Crippen molar-refractivity contribution in [2.45, 2.75) is 12.8 Å². The molecule has 0 spiro atoms. The van der Waals surface area contributed by atoms with Gasteiger partial charge in [0.2, 0.25) is 0 Å². The molecule has 8 heteroatoms. The Kier molecular flexibility index (Phi) is 4.06. The molecule has 0 amide bonds. The molecule has 0 saturated carbocycles. The van der Waals surface area contributed by atoms with Gasteiger partial charge in [-0.25, -0.2) is 0 Å². The third kappa shape index (κ3) is 4.53. The highest BCUT2D eigenvalue weighted by Gasteiger charge is 2.33. The average Bonchev–Trinajstić information content (AvgIpc) is 2.11. The van der Waals surface area contributed by atoms with E-state index in [-0.39, 0.29) is 10.6 Å². The van der Waals surface area contributed by atoms with E-state index in [2.05, 4.69) is 4.18 Å². The predicted molar refractivity (Wildman–Crippen MR) is 56.1 cm³/mol. The number of alkyl halides is 3. The van der Waals surface area contributed by atoms with E-state index in [1.165, 1.54) is 0 Å². The lowest BCUT2D eigenvalue weighted by molar-refractivity contribution is -0.138. The van der Waals surface area contributed by atoms with E-state index >= 15 is 0 Å². The van der Waals surface area contributed by atoms with Crippen molar-refractivity contribution in [3.63, 3.8) is 0 Å². The maximum absolute atomic E-state index is 12.6. The van der Waals surface area contributed by atoms with E-state index in [0.29, 0.717) is 0 Å². The minimum Gasteiger partial charge on any atom is -0.265 e. The maximum atomic E-state index is 12.6. The second-order valence-corrected chi connectivity index (χ2v) is 5.35. The quantitative estimate of drug-likeness (QED) is 0.803. The lowest BCUT2D eigenvalue weighted by atomic mass is 10.1. The smallest absolute Gasteiger partial charge is 0.265 e. The van der Waals surface area contributed by atoms with Gasteiger partial charge in [-0.05, 0) is 23.8 Å². The van der Waals surface area contributed by atoms with Crippen molar-refractivity contribution in [3.8, 4) is 0 Å². The number of benzene rings is 1. The Morgan fingerprint density at radius 3 is 2.41 bits per heavy atom. The van der Waals surface area contributed by atoms with Crippen LogP contribution in [0, 0.1) is 0 Å². The number of hydrogen-bond donors (Lipinski definition) is 0. The Hall–Kier alpha value is -0.790. The van der Waals surface area contributed by atoms with Gasteiger partial charge in [-0.2, -0.15) is 21.6 Å². The van der Waals surface area contributed by atoms with Crippen LogP contribution in [0.4, 0.5) is 13.2 Å². The van der Waals surface area contributed by atoms with E-state index in [1.54, 1.807) is 0 Å². The molecule has 1 aromatic rings. The van der Waals surface area contributed by atoms with Crippen molar-refractivity contribution in [2.75, 3.05) is 6.26 Å². The molecule has 0 saturated heterocycles. The summed E-state index contributed by atoms with van der Waals surface area (Å²) >= 11 is 5.54. The van der Waals surface area contributed by atoms with E-state index in [4.69, 9.17) is 11.6 Å². The highest BCUT2D eigenvalue weighted by Crippen LogP contribution is 2.33. The molecule has 17 heavy (non-hydrogen) atoms. The Labute approximate surface area is 101 Å². The average molecular weight is 289 g/mol. The van der Waals surface area contributed by atoms with Gasteiger partial charge in [-0.15, -0.1) is 0 Å². The molecule has 0 aliphatic heterocycles. The van der Waals surface area contributed by atoms with Crippen molar-refractivity contribution in [1.82, 2.24) is 0 Å². The zero-order valence-corrected chi connectivity index (χ0v) is 10.2. The van der Waals surface area contributed by atoms with E-state index in [1.807, 2.05) is 0 Å². The first-order valence-electron chi connectivity index (χ1n) is 4.29. The van der Waals surface area contributed by atoms with Crippen LogP contribution in [0.1, 0.15) is 11.1 Å². The summed E-state index contributed by atoms with van der Waals surface area (Å²) < 4.78 is 63.4. The molecule has 0 aliphatic rings. The van der Waals surface area contributed by atoms with Crippen molar-refractivity contribution in [2.24, 2.45) is 0 Å². The Morgan fingerprint density at radius 2 is 1.94 bits per heavy atom. The molecule has 96 valence electrons. The maximum Gasteiger partial charge on any atom is 0.416 e. The molecule has 0 bridgehead atoms. The molecule has 0 aromatic heterocycles. The van der Waals surface area contributed by atoms with E-state index < -0.39 is 28.5 Å². The molecule has 0 aliphatic carbocycles. The zero-order valence-electron chi connectivity index (χ0n) is 8.58. The monoisotopic (exact) mass is 288 g/mol. The minimum absolute atomic E-state index is 0.0742. The lowest BCUT2D eigenvalue weighted by Crippen LogP contribution is -2.11. The molecule has 0 radical (unpaired) electrons. The normalized spacial score (nSPS) is 12.8. The van der Waals surface area contributed by atoms with Gasteiger partial charge in [0.15, 0.2) is 0 Å². The van der Waals surface area contributed by atoms with Gasteiger partial charge in [0.05, 0.1) is 18.4 Å². The van der Waals surface area contributed by atoms with E-state index in [9.17, 15) is 21.6 Å². The standard InChI is InChI=1S/C9H8ClF3O3S/c1-17(14,15)16-5-6-4-7(10)2-3-8(6)9(11,12)13/h2-4H,5H2,1H3. The summed E-state index contributed by atoms with van der Waals surface area (Å²) in [6.07, 6.45) is -3.83. The predicted octanol–water partition coefficient (Wildman–Crippen LogP) is 2.84. The van der Waals surface area contributed by atoms with Crippen LogP contribution in [-0.2, 0) is 27.1 Å². The van der Waals surface area contributed by atoms with Gasteiger partial charge in [0, 0.05) is 5.02 Å². The first kappa shape index (κ1) is 14.3. The summed E-state index contributed by atoms with van der Waals surface area (Å²) in [6, 6.07) is 2.88. The summed E-state index contributed by atoms with van der Waals surface area (Å²) in [6.45, 7) is -0.700. The molecule has 0 atom stereocenters. The zero-order chi connectivity index (χ0) is 13.3. The van der Waals surface area contributed by atoms with Crippen LogP contribution >= 0.6 is 11.6 Å². The van der Waals surface area contributed by atoms with Crippen LogP contribution in [0.3, 0.4) is 0 Å². The Bertz CT molecular complexity index is 511. The molecule has 0 heterocycles. The first-order chi connectivity index (χ1) is 7.59. The molecule has 0 fully saturated rings.